The van der Waals surface area contributed by atoms with E-state index in [2.05, 4.69) is 73.8 Å². The van der Waals surface area contributed by atoms with E-state index in [4.69, 9.17) is 0 Å². The van der Waals surface area contributed by atoms with Gasteiger partial charge in [0.05, 0.1) is 0 Å². The van der Waals surface area contributed by atoms with Gasteiger partial charge < -0.3 is 5.32 Å². The van der Waals surface area contributed by atoms with Gasteiger partial charge in [0.1, 0.15) is 0 Å². The van der Waals surface area contributed by atoms with Crippen molar-refractivity contribution in [3.63, 3.8) is 0 Å². The molecule has 1 unspecified atom stereocenters. The minimum atomic E-state index is 0.406. The third-order valence-corrected chi connectivity index (χ3v) is 3.84. The molecular weight excluding hydrogens is 254 g/mol. The largest absolute Gasteiger partial charge is 0.310 e. The zero-order chi connectivity index (χ0) is 14.9. The molecule has 2 aromatic carbocycles. The molecule has 1 atom stereocenters. The monoisotopic (exact) mass is 281 g/mol. The number of hydrogen-bond donors (Lipinski definition) is 1. The Morgan fingerprint density at radius 2 is 1.52 bits per heavy atom. The molecule has 21 heavy (non-hydrogen) atoms. The Labute approximate surface area is 129 Å². The van der Waals surface area contributed by atoms with E-state index in [0.717, 1.165) is 13.0 Å². The molecule has 0 aliphatic rings. The van der Waals surface area contributed by atoms with Crippen LogP contribution in [-0.2, 0) is 12.8 Å². The van der Waals surface area contributed by atoms with Crippen molar-refractivity contribution in [1.29, 1.82) is 0 Å². The molecule has 2 rings (SSSR count). The molecule has 0 bridgehead atoms. The van der Waals surface area contributed by atoms with Crippen molar-refractivity contribution < 1.29 is 0 Å². The van der Waals surface area contributed by atoms with Crippen LogP contribution in [0.1, 0.15) is 49.4 Å². The first-order valence-electron chi connectivity index (χ1n) is 8.19. The van der Waals surface area contributed by atoms with Gasteiger partial charge in [-0.2, -0.15) is 0 Å². The van der Waals surface area contributed by atoms with Crippen molar-refractivity contribution in [3.05, 3.63) is 71.3 Å². The topological polar surface area (TPSA) is 12.0 Å². The quantitative estimate of drug-likeness (QED) is 0.724. The molecule has 0 aliphatic heterocycles. The first-order chi connectivity index (χ1) is 10.3. The van der Waals surface area contributed by atoms with Gasteiger partial charge in [0.25, 0.3) is 0 Å². The highest BCUT2D eigenvalue weighted by atomic mass is 14.9. The van der Waals surface area contributed by atoms with Gasteiger partial charge in [-0.15, -0.1) is 0 Å². The van der Waals surface area contributed by atoms with Crippen molar-refractivity contribution in [1.82, 2.24) is 5.32 Å². The van der Waals surface area contributed by atoms with E-state index in [0.29, 0.717) is 6.04 Å². The molecule has 0 amide bonds. The fraction of sp³-hybridized carbons (Fsp3) is 0.400. The number of rotatable bonds is 8. The summed E-state index contributed by atoms with van der Waals surface area (Å²) in [7, 11) is 0. The molecule has 0 spiro atoms. The van der Waals surface area contributed by atoms with Crippen LogP contribution in [0.5, 0.6) is 0 Å². The number of aryl methyl sites for hydroxylation is 1. The van der Waals surface area contributed by atoms with E-state index in [1.54, 1.807) is 0 Å². The Hall–Kier alpha value is -1.60. The lowest BCUT2D eigenvalue weighted by atomic mass is 9.97. The summed E-state index contributed by atoms with van der Waals surface area (Å²) >= 11 is 0. The second-order valence-electron chi connectivity index (χ2n) is 5.69. The van der Waals surface area contributed by atoms with Crippen LogP contribution in [0.25, 0.3) is 0 Å². The summed E-state index contributed by atoms with van der Waals surface area (Å²) in [6.07, 6.45) is 4.60. The van der Waals surface area contributed by atoms with E-state index < -0.39 is 0 Å². The standard InChI is InChI=1S/C20H27N/c1-3-8-17-11-13-19(14-12-17)20(21-15-4-2)16-18-9-6-5-7-10-18/h5-7,9-14,20-21H,3-4,8,15-16H2,1-2H3. The van der Waals surface area contributed by atoms with Gasteiger partial charge in [-0.3, -0.25) is 0 Å². The highest BCUT2D eigenvalue weighted by Gasteiger charge is 2.11. The van der Waals surface area contributed by atoms with Crippen LogP contribution in [0.4, 0.5) is 0 Å². The molecule has 1 heteroatoms. The van der Waals surface area contributed by atoms with Crippen LogP contribution in [0.2, 0.25) is 0 Å². The minimum absolute atomic E-state index is 0.406. The van der Waals surface area contributed by atoms with Gasteiger partial charge in [0, 0.05) is 6.04 Å². The molecule has 2 aromatic rings. The molecule has 1 N–H and O–H groups in total. The molecule has 0 heterocycles. The third-order valence-electron chi connectivity index (χ3n) is 3.84. The Bertz CT molecular complexity index is 501. The first-order valence-corrected chi connectivity index (χ1v) is 8.19. The second kappa shape index (κ2) is 8.63. The summed E-state index contributed by atoms with van der Waals surface area (Å²) in [6.45, 7) is 5.51. The zero-order valence-electron chi connectivity index (χ0n) is 13.3. The van der Waals surface area contributed by atoms with Gasteiger partial charge >= 0.3 is 0 Å². The third kappa shape index (κ3) is 5.02. The van der Waals surface area contributed by atoms with Crippen LogP contribution in [0.15, 0.2) is 54.6 Å². The van der Waals surface area contributed by atoms with Crippen LogP contribution in [0.3, 0.4) is 0 Å². The van der Waals surface area contributed by atoms with Crippen LogP contribution in [0, 0.1) is 0 Å². The molecule has 0 saturated carbocycles. The Morgan fingerprint density at radius 3 is 2.14 bits per heavy atom. The summed E-state index contributed by atoms with van der Waals surface area (Å²) < 4.78 is 0. The van der Waals surface area contributed by atoms with Crippen LogP contribution in [-0.4, -0.2) is 6.54 Å². The smallest absolute Gasteiger partial charge is 0.0360 e. The van der Waals surface area contributed by atoms with Crippen molar-refractivity contribution in [2.75, 3.05) is 6.54 Å². The van der Waals surface area contributed by atoms with Crippen molar-refractivity contribution in [3.8, 4) is 0 Å². The lowest BCUT2D eigenvalue weighted by Gasteiger charge is -2.19. The highest BCUT2D eigenvalue weighted by molar-refractivity contribution is 5.27. The van der Waals surface area contributed by atoms with Gasteiger partial charge in [-0.25, -0.2) is 0 Å². The second-order valence-corrected chi connectivity index (χ2v) is 5.69. The van der Waals surface area contributed by atoms with E-state index >= 15 is 0 Å². The van der Waals surface area contributed by atoms with Gasteiger partial charge in [-0.05, 0) is 42.5 Å². The number of nitrogens with one attached hydrogen (secondary N) is 1. The van der Waals surface area contributed by atoms with Crippen molar-refractivity contribution in [2.24, 2.45) is 0 Å². The number of benzene rings is 2. The lowest BCUT2D eigenvalue weighted by Crippen LogP contribution is -2.24. The first kappa shape index (κ1) is 15.8. The summed E-state index contributed by atoms with van der Waals surface area (Å²) in [4.78, 5) is 0. The fourth-order valence-electron chi connectivity index (χ4n) is 2.68. The van der Waals surface area contributed by atoms with Crippen LogP contribution < -0.4 is 5.32 Å². The Kier molecular flexibility index (Phi) is 6.49. The van der Waals surface area contributed by atoms with E-state index in [1.165, 1.54) is 36.0 Å². The van der Waals surface area contributed by atoms with Gasteiger partial charge in [0.15, 0.2) is 0 Å². The molecule has 0 saturated heterocycles. The maximum absolute atomic E-state index is 3.69. The van der Waals surface area contributed by atoms with Crippen molar-refractivity contribution >= 4 is 0 Å². The molecule has 0 fully saturated rings. The average molecular weight is 281 g/mol. The maximum atomic E-state index is 3.69. The van der Waals surface area contributed by atoms with E-state index in [1.807, 2.05) is 0 Å². The molecule has 0 aromatic heterocycles. The molecule has 1 nitrogen and oxygen atoms in total. The molecule has 112 valence electrons. The summed E-state index contributed by atoms with van der Waals surface area (Å²) in [6, 6.07) is 20.3. The summed E-state index contributed by atoms with van der Waals surface area (Å²) in [5.74, 6) is 0. The molecule has 0 aliphatic carbocycles. The predicted octanol–water partition coefficient (Wildman–Crippen LogP) is 4.92. The zero-order valence-corrected chi connectivity index (χ0v) is 13.3. The lowest BCUT2D eigenvalue weighted by molar-refractivity contribution is 0.529. The predicted molar refractivity (Wildman–Crippen MR) is 91.6 cm³/mol. The average Bonchev–Trinajstić information content (AvgIpc) is 2.53. The molecular formula is C20H27N. The molecule has 0 radical (unpaired) electrons. The summed E-state index contributed by atoms with van der Waals surface area (Å²) in [5.41, 5.74) is 4.23. The highest BCUT2D eigenvalue weighted by Crippen LogP contribution is 2.19. The SMILES string of the molecule is CCCNC(Cc1ccccc1)c1ccc(CCC)cc1. The van der Waals surface area contributed by atoms with Gasteiger partial charge in [-0.1, -0.05) is 74.9 Å². The normalized spacial score (nSPS) is 12.3. The number of hydrogen-bond acceptors (Lipinski definition) is 1. The van der Waals surface area contributed by atoms with Crippen molar-refractivity contribution in [2.45, 2.75) is 45.6 Å². The van der Waals surface area contributed by atoms with Gasteiger partial charge in [0.2, 0.25) is 0 Å². The minimum Gasteiger partial charge on any atom is -0.310 e. The Morgan fingerprint density at radius 1 is 0.810 bits per heavy atom. The summed E-state index contributed by atoms with van der Waals surface area (Å²) in [5, 5.41) is 3.69. The Balaban J connectivity index is 2.11. The maximum Gasteiger partial charge on any atom is 0.0360 e. The van der Waals surface area contributed by atoms with E-state index in [9.17, 15) is 0 Å². The van der Waals surface area contributed by atoms with E-state index in [-0.39, 0.29) is 0 Å². The van der Waals surface area contributed by atoms with Crippen LogP contribution >= 0.6 is 0 Å². The fourth-order valence-corrected chi connectivity index (χ4v) is 2.68.